The Morgan fingerprint density at radius 1 is 1.57 bits per heavy atom. The van der Waals surface area contributed by atoms with Crippen molar-refractivity contribution in [2.75, 3.05) is 26.2 Å². The van der Waals surface area contributed by atoms with E-state index in [2.05, 4.69) is 10.6 Å². The molecule has 1 unspecified atom stereocenters. The second-order valence-electron chi connectivity index (χ2n) is 4.01. The van der Waals surface area contributed by atoms with Gasteiger partial charge in [-0.3, -0.25) is 0 Å². The number of rotatable bonds is 2. The number of nitrogens with zero attached hydrogens (tertiary/aromatic N) is 1. The van der Waals surface area contributed by atoms with Gasteiger partial charge in [-0.1, -0.05) is 0 Å². The van der Waals surface area contributed by atoms with Crippen LogP contribution < -0.4 is 16.4 Å². The van der Waals surface area contributed by atoms with Gasteiger partial charge >= 0.3 is 6.03 Å². The summed E-state index contributed by atoms with van der Waals surface area (Å²) in [7, 11) is 0. The van der Waals surface area contributed by atoms with Gasteiger partial charge < -0.3 is 21.3 Å². The summed E-state index contributed by atoms with van der Waals surface area (Å²) in [6, 6.07) is 0.641. The molecule has 0 aromatic heterocycles. The molecular weight excluding hydrogens is 180 g/mol. The molecule has 1 atom stereocenters. The van der Waals surface area contributed by atoms with Gasteiger partial charge in [0, 0.05) is 32.2 Å². The first-order chi connectivity index (χ1) is 6.81. The first kappa shape index (κ1) is 9.73. The molecule has 2 amide bonds. The first-order valence-electron chi connectivity index (χ1n) is 5.29. The van der Waals surface area contributed by atoms with Crippen molar-refractivity contribution < 1.29 is 4.79 Å². The normalized spacial score (nSPS) is 27.5. The maximum Gasteiger partial charge on any atom is 0.317 e. The Bertz CT molecular complexity index is 217. The van der Waals surface area contributed by atoms with E-state index in [-0.39, 0.29) is 12.1 Å². The SMILES string of the molecule is NCC1CNCCN1C(=O)NC1CC1. The van der Waals surface area contributed by atoms with Crippen molar-refractivity contribution in [2.24, 2.45) is 5.73 Å². The molecule has 0 aromatic rings. The Labute approximate surface area is 84.0 Å². The van der Waals surface area contributed by atoms with Crippen LogP contribution in [0.3, 0.4) is 0 Å². The minimum Gasteiger partial charge on any atom is -0.335 e. The molecule has 4 N–H and O–H groups in total. The molecule has 0 radical (unpaired) electrons. The molecule has 2 fully saturated rings. The van der Waals surface area contributed by atoms with Crippen molar-refractivity contribution >= 4 is 6.03 Å². The van der Waals surface area contributed by atoms with E-state index in [9.17, 15) is 4.79 Å². The third-order valence-electron chi connectivity index (χ3n) is 2.79. The number of urea groups is 1. The summed E-state index contributed by atoms with van der Waals surface area (Å²) < 4.78 is 0. The van der Waals surface area contributed by atoms with Gasteiger partial charge in [0.05, 0.1) is 6.04 Å². The summed E-state index contributed by atoms with van der Waals surface area (Å²) >= 11 is 0. The van der Waals surface area contributed by atoms with Crippen LogP contribution in [0.4, 0.5) is 4.79 Å². The molecule has 1 saturated carbocycles. The van der Waals surface area contributed by atoms with E-state index in [4.69, 9.17) is 5.73 Å². The van der Waals surface area contributed by atoms with E-state index in [0.717, 1.165) is 32.5 Å². The van der Waals surface area contributed by atoms with Crippen LogP contribution in [0.5, 0.6) is 0 Å². The lowest BCUT2D eigenvalue weighted by molar-refractivity contribution is 0.160. The van der Waals surface area contributed by atoms with E-state index in [1.54, 1.807) is 0 Å². The predicted octanol–water partition coefficient (Wildman–Crippen LogP) is -0.909. The zero-order valence-electron chi connectivity index (χ0n) is 8.33. The summed E-state index contributed by atoms with van der Waals surface area (Å²) in [5.41, 5.74) is 5.62. The van der Waals surface area contributed by atoms with Gasteiger partial charge in [0.2, 0.25) is 0 Å². The van der Waals surface area contributed by atoms with Gasteiger partial charge in [-0.2, -0.15) is 0 Å². The van der Waals surface area contributed by atoms with Gasteiger partial charge in [0.25, 0.3) is 0 Å². The highest BCUT2D eigenvalue weighted by molar-refractivity contribution is 5.75. The number of hydrogen-bond acceptors (Lipinski definition) is 3. The molecular formula is C9H18N4O. The Hall–Kier alpha value is -0.810. The fourth-order valence-electron chi connectivity index (χ4n) is 1.72. The standard InChI is InChI=1S/C9H18N4O/c10-5-8-6-11-3-4-13(8)9(14)12-7-1-2-7/h7-8,11H,1-6,10H2,(H,12,14). The van der Waals surface area contributed by atoms with Crippen molar-refractivity contribution in [2.45, 2.75) is 24.9 Å². The van der Waals surface area contributed by atoms with E-state index in [1.165, 1.54) is 0 Å². The molecule has 1 heterocycles. The Morgan fingerprint density at radius 3 is 3.00 bits per heavy atom. The van der Waals surface area contributed by atoms with Crippen LogP contribution in [0, 0.1) is 0 Å². The van der Waals surface area contributed by atoms with E-state index < -0.39 is 0 Å². The van der Waals surface area contributed by atoms with Crippen LogP contribution in [-0.2, 0) is 0 Å². The third-order valence-corrected chi connectivity index (χ3v) is 2.79. The minimum absolute atomic E-state index is 0.0597. The van der Waals surface area contributed by atoms with Gasteiger partial charge in [0.1, 0.15) is 0 Å². The quantitative estimate of drug-likeness (QED) is 0.538. The predicted molar refractivity (Wildman–Crippen MR) is 54.0 cm³/mol. The van der Waals surface area contributed by atoms with E-state index in [1.807, 2.05) is 4.90 Å². The maximum absolute atomic E-state index is 11.7. The second-order valence-corrected chi connectivity index (χ2v) is 4.01. The number of amides is 2. The largest absolute Gasteiger partial charge is 0.335 e. The molecule has 1 aliphatic carbocycles. The van der Waals surface area contributed by atoms with Crippen LogP contribution in [-0.4, -0.2) is 49.2 Å². The number of carbonyl (C=O) groups excluding carboxylic acids is 1. The lowest BCUT2D eigenvalue weighted by Gasteiger charge is -2.35. The number of nitrogens with two attached hydrogens (primary N) is 1. The summed E-state index contributed by atoms with van der Waals surface area (Å²) in [6.07, 6.45) is 2.26. The molecule has 1 aliphatic heterocycles. The number of carbonyl (C=O) groups is 1. The molecule has 14 heavy (non-hydrogen) atoms. The fraction of sp³-hybridized carbons (Fsp3) is 0.889. The van der Waals surface area contributed by atoms with Crippen LogP contribution in [0.1, 0.15) is 12.8 Å². The van der Waals surface area contributed by atoms with E-state index >= 15 is 0 Å². The molecule has 5 nitrogen and oxygen atoms in total. The topological polar surface area (TPSA) is 70.4 Å². The molecule has 2 rings (SSSR count). The monoisotopic (exact) mass is 198 g/mol. The van der Waals surface area contributed by atoms with Crippen molar-refractivity contribution in [1.29, 1.82) is 0 Å². The summed E-state index contributed by atoms with van der Waals surface area (Å²) in [4.78, 5) is 13.6. The van der Waals surface area contributed by atoms with Crippen LogP contribution in [0.2, 0.25) is 0 Å². The number of hydrogen-bond donors (Lipinski definition) is 3. The highest BCUT2D eigenvalue weighted by Crippen LogP contribution is 2.19. The van der Waals surface area contributed by atoms with Crippen molar-refractivity contribution in [3.63, 3.8) is 0 Å². The number of nitrogens with one attached hydrogen (secondary N) is 2. The van der Waals surface area contributed by atoms with Gasteiger partial charge in [-0.15, -0.1) is 0 Å². The lowest BCUT2D eigenvalue weighted by Crippen LogP contribution is -2.59. The fourth-order valence-corrected chi connectivity index (χ4v) is 1.72. The zero-order valence-corrected chi connectivity index (χ0v) is 8.33. The molecule has 0 bridgehead atoms. The molecule has 2 aliphatic rings. The van der Waals surface area contributed by atoms with Crippen LogP contribution in [0.15, 0.2) is 0 Å². The Morgan fingerprint density at radius 2 is 2.36 bits per heavy atom. The molecule has 0 spiro atoms. The molecule has 1 saturated heterocycles. The summed E-state index contributed by atoms with van der Waals surface area (Å²) in [5.74, 6) is 0. The molecule has 5 heteroatoms. The smallest absolute Gasteiger partial charge is 0.317 e. The van der Waals surface area contributed by atoms with Crippen LogP contribution >= 0.6 is 0 Å². The van der Waals surface area contributed by atoms with Crippen molar-refractivity contribution in [3.8, 4) is 0 Å². The van der Waals surface area contributed by atoms with Crippen molar-refractivity contribution in [3.05, 3.63) is 0 Å². The summed E-state index contributed by atoms with van der Waals surface area (Å²) in [6.45, 7) is 2.98. The first-order valence-corrected chi connectivity index (χ1v) is 5.29. The lowest BCUT2D eigenvalue weighted by atomic mass is 10.2. The summed E-state index contributed by atoms with van der Waals surface area (Å²) in [5, 5.41) is 6.23. The highest BCUT2D eigenvalue weighted by atomic mass is 16.2. The molecule has 80 valence electrons. The minimum atomic E-state index is 0.0597. The van der Waals surface area contributed by atoms with Gasteiger partial charge in [-0.05, 0) is 12.8 Å². The van der Waals surface area contributed by atoms with Crippen molar-refractivity contribution in [1.82, 2.24) is 15.5 Å². The average Bonchev–Trinajstić information content (AvgIpc) is 3.01. The number of piperazine rings is 1. The van der Waals surface area contributed by atoms with Crippen LogP contribution in [0.25, 0.3) is 0 Å². The average molecular weight is 198 g/mol. The second kappa shape index (κ2) is 4.14. The van der Waals surface area contributed by atoms with E-state index in [0.29, 0.717) is 12.6 Å². The Balaban J connectivity index is 1.87. The Kier molecular flexibility index (Phi) is 2.88. The maximum atomic E-state index is 11.7. The molecule has 0 aromatic carbocycles. The highest BCUT2D eigenvalue weighted by Gasteiger charge is 2.30. The third kappa shape index (κ3) is 2.16. The zero-order chi connectivity index (χ0) is 9.97. The van der Waals surface area contributed by atoms with Gasteiger partial charge in [-0.25, -0.2) is 4.79 Å². The van der Waals surface area contributed by atoms with Gasteiger partial charge in [0.15, 0.2) is 0 Å².